The minimum Gasteiger partial charge on any atom is -0.491 e. The average Bonchev–Trinajstić information content (AvgIpc) is 2.29. The zero-order chi connectivity index (χ0) is 13.5. The van der Waals surface area contributed by atoms with Crippen molar-refractivity contribution in [3.63, 3.8) is 0 Å². The fourth-order valence-corrected chi connectivity index (χ4v) is 1.71. The highest BCUT2D eigenvalue weighted by atomic mass is 16.5. The molecule has 0 heterocycles. The van der Waals surface area contributed by atoms with Gasteiger partial charge >= 0.3 is 0 Å². The first-order chi connectivity index (χ1) is 8.52. The van der Waals surface area contributed by atoms with Crippen molar-refractivity contribution in [2.24, 2.45) is 0 Å². The number of hydrogen-bond donors (Lipinski definition) is 1. The zero-order valence-corrected chi connectivity index (χ0v) is 12.1. The molecule has 3 nitrogen and oxygen atoms in total. The average molecular weight is 251 g/mol. The topological polar surface area (TPSA) is 30.5 Å². The van der Waals surface area contributed by atoms with Gasteiger partial charge in [0.2, 0.25) is 0 Å². The number of hydrogen-bond acceptors (Lipinski definition) is 3. The van der Waals surface area contributed by atoms with Crippen molar-refractivity contribution < 1.29 is 9.47 Å². The fraction of sp³-hybridized carbons (Fsp3) is 0.600. The van der Waals surface area contributed by atoms with E-state index in [-0.39, 0.29) is 18.2 Å². The van der Waals surface area contributed by atoms with Gasteiger partial charge in [0, 0.05) is 0 Å². The van der Waals surface area contributed by atoms with Gasteiger partial charge in [-0.1, -0.05) is 12.1 Å². The van der Waals surface area contributed by atoms with Gasteiger partial charge in [-0.05, 0) is 52.4 Å². The number of likely N-dealkylation sites (N-methyl/N-ethyl adjacent to an activating group) is 1. The van der Waals surface area contributed by atoms with E-state index in [2.05, 4.69) is 17.4 Å². The summed E-state index contributed by atoms with van der Waals surface area (Å²) in [6.07, 6.45) is 0.441. The SMILES string of the molecule is CNC(COC(C)C)c1cccc(OC(C)C)c1. The second kappa shape index (κ2) is 7.39. The highest BCUT2D eigenvalue weighted by Crippen LogP contribution is 2.20. The molecule has 3 heteroatoms. The second-order valence-electron chi connectivity index (χ2n) is 4.96. The maximum absolute atomic E-state index is 5.71. The molecular weight excluding hydrogens is 226 g/mol. The summed E-state index contributed by atoms with van der Waals surface area (Å²) in [4.78, 5) is 0. The van der Waals surface area contributed by atoms with Crippen molar-refractivity contribution in [3.05, 3.63) is 29.8 Å². The molecule has 102 valence electrons. The maximum atomic E-state index is 5.71. The Morgan fingerprint density at radius 1 is 1.11 bits per heavy atom. The van der Waals surface area contributed by atoms with E-state index >= 15 is 0 Å². The van der Waals surface area contributed by atoms with Crippen molar-refractivity contribution in [3.8, 4) is 5.75 Å². The monoisotopic (exact) mass is 251 g/mol. The maximum Gasteiger partial charge on any atom is 0.120 e. The molecular formula is C15H25NO2. The van der Waals surface area contributed by atoms with Gasteiger partial charge in [0.15, 0.2) is 0 Å². The second-order valence-corrected chi connectivity index (χ2v) is 4.96. The summed E-state index contributed by atoms with van der Waals surface area (Å²) in [5.41, 5.74) is 1.19. The van der Waals surface area contributed by atoms with Gasteiger partial charge in [-0.25, -0.2) is 0 Å². The molecule has 0 aliphatic carbocycles. The van der Waals surface area contributed by atoms with Crippen LogP contribution in [0.3, 0.4) is 0 Å². The predicted octanol–water partition coefficient (Wildman–Crippen LogP) is 3.16. The molecule has 0 saturated carbocycles. The minimum atomic E-state index is 0.195. The molecule has 1 atom stereocenters. The zero-order valence-electron chi connectivity index (χ0n) is 12.1. The van der Waals surface area contributed by atoms with Crippen molar-refractivity contribution >= 4 is 0 Å². The standard InChI is InChI=1S/C15H25NO2/c1-11(2)17-10-15(16-5)13-7-6-8-14(9-13)18-12(3)4/h6-9,11-12,15-16H,10H2,1-5H3. The smallest absolute Gasteiger partial charge is 0.120 e. The first-order valence-electron chi connectivity index (χ1n) is 6.58. The van der Waals surface area contributed by atoms with Crippen LogP contribution in [-0.4, -0.2) is 25.9 Å². The Bertz CT molecular complexity index is 350. The highest BCUT2D eigenvalue weighted by molar-refractivity contribution is 5.30. The molecule has 1 unspecified atom stereocenters. The molecule has 1 aromatic rings. The fourth-order valence-electron chi connectivity index (χ4n) is 1.71. The van der Waals surface area contributed by atoms with Gasteiger partial charge in [-0.15, -0.1) is 0 Å². The van der Waals surface area contributed by atoms with E-state index in [0.717, 1.165) is 5.75 Å². The van der Waals surface area contributed by atoms with Crippen LogP contribution >= 0.6 is 0 Å². The summed E-state index contributed by atoms with van der Waals surface area (Å²) < 4.78 is 11.4. The van der Waals surface area contributed by atoms with E-state index in [4.69, 9.17) is 9.47 Å². The molecule has 0 aliphatic heterocycles. The summed E-state index contributed by atoms with van der Waals surface area (Å²) in [5, 5.41) is 3.27. The lowest BCUT2D eigenvalue weighted by atomic mass is 10.1. The van der Waals surface area contributed by atoms with Gasteiger partial charge in [0.25, 0.3) is 0 Å². The van der Waals surface area contributed by atoms with Gasteiger partial charge in [-0.3, -0.25) is 0 Å². The Labute approximate surface area is 110 Å². The number of nitrogens with one attached hydrogen (secondary N) is 1. The van der Waals surface area contributed by atoms with Crippen LogP contribution in [0.2, 0.25) is 0 Å². The summed E-state index contributed by atoms with van der Waals surface area (Å²) in [6.45, 7) is 8.82. The van der Waals surface area contributed by atoms with E-state index < -0.39 is 0 Å². The lowest BCUT2D eigenvalue weighted by Gasteiger charge is -2.19. The van der Waals surface area contributed by atoms with Crippen molar-refractivity contribution in [2.75, 3.05) is 13.7 Å². The molecule has 0 aromatic heterocycles. The number of ether oxygens (including phenoxy) is 2. The van der Waals surface area contributed by atoms with Crippen LogP contribution < -0.4 is 10.1 Å². The largest absolute Gasteiger partial charge is 0.491 e. The molecule has 0 fully saturated rings. The summed E-state index contributed by atoms with van der Waals surface area (Å²) in [7, 11) is 1.95. The molecule has 0 radical (unpaired) electrons. The summed E-state index contributed by atoms with van der Waals surface area (Å²) >= 11 is 0. The van der Waals surface area contributed by atoms with Crippen LogP contribution in [-0.2, 0) is 4.74 Å². The normalized spacial score (nSPS) is 13.1. The quantitative estimate of drug-likeness (QED) is 0.807. The van der Waals surface area contributed by atoms with E-state index in [1.165, 1.54) is 5.56 Å². The van der Waals surface area contributed by atoms with Gasteiger partial charge in [0.1, 0.15) is 5.75 Å². The molecule has 18 heavy (non-hydrogen) atoms. The predicted molar refractivity (Wildman–Crippen MR) is 75.1 cm³/mol. The lowest BCUT2D eigenvalue weighted by Crippen LogP contribution is -2.23. The van der Waals surface area contributed by atoms with Gasteiger partial charge < -0.3 is 14.8 Å². The lowest BCUT2D eigenvalue weighted by molar-refractivity contribution is 0.0625. The number of rotatable bonds is 7. The van der Waals surface area contributed by atoms with Crippen LogP contribution in [0.25, 0.3) is 0 Å². The Balaban J connectivity index is 2.72. The van der Waals surface area contributed by atoms with Crippen molar-refractivity contribution in [1.29, 1.82) is 0 Å². The summed E-state index contributed by atoms with van der Waals surface area (Å²) in [6, 6.07) is 8.37. The molecule has 1 aromatic carbocycles. The molecule has 0 saturated heterocycles. The first kappa shape index (κ1) is 15.0. The van der Waals surface area contributed by atoms with E-state index in [1.54, 1.807) is 0 Å². The third-order valence-corrected chi connectivity index (χ3v) is 2.58. The first-order valence-corrected chi connectivity index (χ1v) is 6.58. The molecule has 1 rings (SSSR count). The van der Waals surface area contributed by atoms with E-state index in [1.807, 2.05) is 46.9 Å². The molecule has 1 N–H and O–H groups in total. The van der Waals surface area contributed by atoms with E-state index in [9.17, 15) is 0 Å². The Kier molecular flexibility index (Phi) is 6.16. The summed E-state index contributed by atoms with van der Waals surface area (Å²) in [5.74, 6) is 0.910. The van der Waals surface area contributed by atoms with Crippen LogP contribution in [0.4, 0.5) is 0 Å². The molecule has 0 aliphatic rings. The third kappa shape index (κ3) is 5.07. The van der Waals surface area contributed by atoms with Crippen molar-refractivity contribution in [2.45, 2.75) is 45.9 Å². The molecule has 0 amide bonds. The third-order valence-electron chi connectivity index (χ3n) is 2.58. The van der Waals surface area contributed by atoms with Gasteiger partial charge in [0.05, 0.1) is 24.9 Å². The van der Waals surface area contributed by atoms with Crippen LogP contribution in [0.15, 0.2) is 24.3 Å². The Hall–Kier alpha value is -1.06. The van der Waals surface area contributed by atoms with Gasteiger partial charge in [-0.2, -0.15) is 0 Å². The van der Waals surface area contributed by atoms with Crippen LogP contribution in [0.5, 0.6) is 5.75 Å². The highest BCUT2D eigenvalue weighted by Gasteiger charge is 2.11. The Morgan fingerprint density at radius 2 is 1.83 bits per heavy atom. The van der Waals surface area contributed by atoms with E-state index in [0.29, 0.717) is 6.61 Å². The minimum absolute atomic E-state index is 0.195. The van der Waals surface area contributed by atoms with Crippen LogP contribution in [0, 0.1) is 0 Å². The Morgan fingerprint density at radius 3 is 2.39 bits per heavy atom. The van der Waals surface area contributed by atoms with Crippen molar-refractivity contribution in [1.82, 2.24) is 5.32 Å². The molecule has 0 bridgehead atoms. The number of benzene rings is 1. The molecule has 0 spiro atoms. The van der Waals surface area contributed by atoms with Crippen LogP contribution in [0.1, 0.15) is 39.3 Å².